The predicted octanol–water partition coefficient (Wildman–Crippen LogP) is 1.05. The van der Waals surface area contributed by atoms with Crippen molar-refractivity contribution in [3.63, 3.8) is 0 Å². The maximum Gasteiger partial charge on any atom is 0.239 e. The van der Waals surface area contributed by atoms with Gasteiger partial charge in [0.25, 0.3) is 0 Å². The van der Waals surface area contributed by atoms with Gasteiger partial charge in [-0.15, -0.1) is 0 Å². The van der Waals surface area contributed by atoms with Crippen molar-refractivity contribution in [3.8, 4) is 5.88 Å². The molecule has 1 aromatic heterocycles. The molecule has 1 aromatic rings. The number of hydrogen-bond acceptors (Lipinski definition) is 6. The van der Waals surface area contributed by atoms with Crippen LogP contribution < -0.4 is 20.9 Å². The van der Waals surface area contributed by atoms with Gasteiger partial charge >= 0.3 is 0 Å². The number of aromatic nitrogens is 1. The fourth-order valence-electron chi connectivity index (χ4n) is 3.66. The number of carbonyl (C=O) groups is 1. The van der Waals surface area contributed by atoms with Gasteiger partial charge in [-0.05, 0) is 37.2 Å². The third-order valence-electron chi connectivity index (χ3n) is 5.18. The summed E-state index contributed by atoms with van der Waals surface area (Å²) in [4.78, 5) is 17.0. The van der Waals surface area contributed by atoms with Crippen LogP contribution in [0.15, 0.2) is 18.3 Å². The summed E-state index contributed by atoms with van der Waals surface area (Å²) in [5.41, 5.74) is 7.25. The lowest BCUT2D eigenvalue weighted by atomic mass is 9.75. The first-order valence-electron chi connectivity index (χ1n) is 9.10. The summed E-state index contributed by atoms with van der Waals surface area (Å²) in [5.74, 6) is 0.773. The average Bonchev–Trinajstić information content (AvgIpc) is 3.06. The second-order valence-electron chi connectivity index (χ2n) is 7.07. The van der Waals surface area contributed by atoms with Crippen LogP contribution in [0.5, 0.6) is 5.88 Å². The Balaban J connectivity index is 1.66. The fourth-order valence-corrected chi connectivity index (χ4v) is 3.66. The zero-order valence-corrected chi connectivity index (χ0v) is 14.9. The predicted molar refractivity (Wildman–Crippen MR) is 93.8 cm³/mol. The molecule has 2 fully saturated rings. The second kappa shape index (κ2) is 8.12. The summed E-state index contributed by atoms with van der Waals surface area (Å²) in [5, 5.41) is 12.8. The zero-order valence-electron chi connectivity index (χ0n) is 14.9. The summed E-state index contributed by atoms with van der Waals surface area (Å²) in [7, 11) is 1.58. The van der Waals surface area contributed by atoms with Crippen LogP contribution in [0.25, 0.3) is 0 Å². The van der Waals surface area contributed by atoms with E-state index in [2.05, 4.69) is 28.1 Å². The number of methoxy groups -OCH3 is 1. The van der Waals surface area contributed by atoms with Crippen molar-refractivity contribution in [2.24, 2.45) is 5.92 Å². The third kappa shape index (κ3) is 4.29. The minimum atomic E-state index is -0.268. The highest BCUT2D eigenvalue weighted by molar-refractivity contribution is 5.82. The van der Waals surface area contributed by atoms with E-state index in [9.17, 15) is 9.90 Å². The van der Waals surface area contributed by atoms with Gasteiger partial charge in [-0.1, -0.05) is 19.4 Å². The topological polar surface area (TPSA) is 95.5 Å². The first kappa shape index (κ1) is 18.1. The molecule has 138 valence electrons. The smallest absolute Gasteiger partial charge is 0.239 e. The third-order valence-corrected chi connectivity index (χ3v) is 5.18. The van der Waals surface area contributed by atoms with Gasteiger partial charge in [0.2, 0.25) is 11.8 Å². The zero-order chi connectivity index (χ0) is 17.8. The molecule has 3 rings (SSSR count). The highest BCUT2D eigenvalue weighted by Gasteiger charge is 2.38. The number of hydrogen-bond donors (Lipinski definition) is 4. The molecule has 2 aliphatic rings. The molecule has 0 bridgehead atoms. The Morgan fingerprint density at radius 1 is 1.40 bits per heavy atom. The molecule has 1 saturated carbocycles. The van der Waals surface area contributed by atoms with Crippen LogP contribution in [-0.2, 0) is 4.79 Å². The monoisotopic (exact) mass is 348 g/mol. The van der Waals surface area contributed by atoms with Gasteiger partial charge in [-0.3, -0.25) is 10.2 Å². The standard InChI is InChI=1S/C18H28N4O3/c1-3-4-13-9-15(22-21-13)18(24)20-17(12-7-14(23)8-12)11-5-6-16(25-2)19-10-11/h5-6,10,12-15,17,21-23H,3-4,7-9H2,1-2H3,(H,20,24). The van der Waals surface area contributed by atoms with E-state index in [-0.39, 0.29) is 30.0 Å². The van der Waals surface area contributed by atoms with Crippen molar-refractivity contribution >= 4 is 5.91 Å². The largest absolute Gasteiger partial charge is 0.481 e. The Morgan fingerprint density at radius 3 is 2.80 bits per heavy atom. The molecule has 7 heteroatoms. The van der Waals surface area contributed by atoms with E-state index >= 15 is 0 Å². The molecule has 25 heavy (non-hydrogen) atoms. The van der Waals surface area contributed by atoms with E-state index in [1.807, 2.05) is 6.07 Å². The van der Waals surface area contributed by atoms with Crippen molar-refractivity contribution in [1.82, 2.24) is 21.2 Å². The van der Waals surface area contributed by atoms with E-state index in [1.165, 1.54) is 0 Å². The number of aliphatic hydroxyl groups is 1. The van der Waals surface area contributed by atoms with Crippen molar-refractivity contribution in [2.75, 3.05) is 7.11 Å². The SMILES string of the molecule is CCCC1CC(C(=O)NC(c2ccc(OC)nc2)C2CC(O)C2)NN1. The first-order chi connectivity index (χ1) is 12.1. The summed E-state index contributed by atoms with van der Waals surface area (Å²) < 4.78 is 5.11. The Morgan fingerprint density at radius 2 is 2.20 bits per heavy atom. The molecule has 0 aromatic carbocycles. The maximum atomic E-state index is 12.7. The van der Waals surface area contributed by atoms with Crippen LogP contribution in [0.2, 0.25) is 0 Å². The minimum absolute atomic E-state index is 0.00619. The fraction of sp³-hybridized carbons (Fsp3) is 0.667. The molecule has 3 atom stereocenters. The summed E-state index contributed by atoms with van der Waals surface area (Å²) >= 11 is 0. The van der Waals surface area contributed by atoms with Crippen LogP contribution >= 0.6 is 0 Å². The number of nitrogens with one attached hydrogen (secondary N) is 3. The highest BCUT2D eigenvalue weighted by atomic mass is 16.5. The number of aliphatic hydroxyl groups excluding tert-OH is 1. The van der Waals surface area contributed by atoms with Gasteiger partial charge in [-0.2, -0.15) is 0 Å². The molecule has 1 saturated heterocycles. The van der Waals surface area contributed by atoms with Gasteiger partial charge in [0, 0.05) is 18.3 Å². The highest BCUT2D eigenvalue weighted by Crippen LogP contribution is 2.38. The Labute approximate surface area is 148 Å². The molecular weight excluding hydrogens is 320 g/mol. The van der Waals surface area contributed by atoms with Crippen molar-refractivity contribution in [3.05, 3.63) is 23.9 Å². The minimum Gasteiger partial charge on any atom is -0.481 e. The van der Waals surface area contributed by atoms with Gasteiger partial charge in [-0.25, -0.2) is 10.4 Å². The number of nitrogens with zero attached hydrogens (tertiary/aromatic N) is 1. The number of ether oxygens (including phenoxy) is 1. The first-order valence-corrected chi connectivity index (χ1v) is 9.10. The normalized spacial score (nSPS) is 29.7. The molecule has 1 amide bonds. The van der Waals surface area contributed by atoms with Crippen molar-refractivity contribution in [1.29, 1.82) is 0 Å². The molecule has 7 nitrogen and oxygen atoms in total. The summed E-state index contributed by atoms with van der Waals surface area (Å²) in [6.07, 6.45) is 5.81. The van der Waals surface area contributed by atoms with Crippen molar-refractivity contribution in [2.45, 2.75) is 63.3 Å². The average molecular weight is 348 g/mol. The number of hydrazine groups is 1. The molecule has 0 radical (unpaired) electrons. The summed E-state index contributed by atoms with van der Waals surface area (Å²) in [6.45, 7) is 2.14. The van der Waals surface area contributed by atoms with Crippen LogP contribution in [0, 0.1) is 5.92 Å². The van der Waals surface area contributed by atoms with Gasteiger partial charge < -0.3 is 15.2 Å². The molecule has 1 aliphatic heterocycles. The van der Waals surface area contributed by atoms with E-state index in [0.29, 0.717) is 24.8 Å². The van der Waals surface area contributed by atoms with E-state index < -0.39 is 0 Å². The number of amides is 1. The Bertz CT molecular complexity index is 574. The number of rotatable bonds is 7. The number of carbonyl (C=O) groups excluding carboxylic acids is 1. The molecule has 4 N–H and O–H groups in total. The molecular formula is C18H28N4O3. The van der Waals surface area contributed by atoms with Crippen LogP contribution in [0.1, 0.15) is 50.6 Å². The lowest BCUT2D eigenvalue weighted by Gasteiger charge is -2.38. The summed E-state index contributed by atoms with van der Waals surface area (Å²) in [6, 6.07) is 3.71. The van der Waals surface area contributed by atoms with E-state index in [4.69, 9.17) is 4.74 Å². The molecule has 3 unspecified atom stereocenters. The maximum absolute atomic E-state index is 12.7. The van der Waals surface area contributed by atoms with Crippen molar-refractivity contribution < 1.29 is 14.6 Å². The molecule has 1 aliphatic carbocycles. The Hall–Kier alpha value is -1.70. The van der Waals surface area contributed by atoms with Crippen LogP contribution in [0.4, 0.5) is 0 Å². The van der Waals surface area contributed by atoms with Crippen LogP contribution in [0.3, 0.4) is 0 Å². The number of pyridine rings is 1. The second-order valence-corrected chi connectivity index (χ2v) is 7.07. The molecule has 0 spiro atoms. The van der Waals surface area contributed by atoms with Gasteiger partial charge in [0.15, 0.2) is 0 Å². The van der Waals surface area contributed by atoms with E-state index in [1.54, 1.807) is 19.4 Å². The van der Waals surface area contributed by atoms with Gasteiger partial charge in [0.1, 0.15) is 6.04 Å². The van der Waals surface area contributed by atoms with Gasteiger partial charge in [0.05, 0.1) is 19.3 Å². The lowest BCUT2D eigenvalue weighted by Crippen LogP contribution is -2.48. The lowest BCUT2D eigenvalue weighted by molar-refractivity contribution is -0.124. The van der Waals surface area contributed by atoms with E-state index in [0.717, 1.165) is 24.8 Å². The quantitative estimate of drug-likeness (QED) is 0.588. The van der Waals surface area contributed by atoms with Crippen LogP contribution in [-0.4, -0.2) is 41.3 Å². The molecule has 2 heterocycles. The Kier molecular flexibility index (Phi) is 5.88.